The highest BCUT2D eigenvalue weighted by Crippen LogP contribution is 2.34. The Morgan fingerprint density at radius 1 is 1.31 bits per heavy atom. The smallest absolute Gasteiger partial charge is 0.322 e. The molecule has 26 heavy (non-hydrogen) atoms. The number of urea groups is 1. The van der Waals surface area contributed by atoms with Gasteiger partial charge in [0.25, 0.3) is 0 Å². The maximum absolute atomic E-state index is 13.0. The van der Waals surface area contributed by atoms with Gasteiger partial charge in [0.05, 0.1) is 22.7 Å². The number of amides is 2. The molecule has 1 aliphatic heterocycles. The van der Waals surface area contributed by atoms with E-state index in [1.165, 1.54) is 0 Å². The van der Waals surface area contributed by atoms with Crippen LogP contribution < -0.4 is 5.32 Å². The lowest BCUT2D eigenvalue weighted by molar-refractivity contribution is 0.192. The van der Waals surface area contributed by atoms with Crippen LogP contribution in [0.3, 0.4) is 0 Å². The van der Waals surface area contributed by atoms with Crippen molar-refractivity contribution in [1.29, 1.82) is 0 Å². The summed E-state index contributed by atoms with van der Waals surface area (Å²) in [4.78, 5) is 26.5. The van der Waals surface area contributed by atoms with Crippen LogP contribution in [0, 0.1) is 6.92 Å². The highest BCUT2D eigenvalue weighted by atomic mass is 35.5. The van der Waals surface area contributed by atoms with E-state index in [0.717, 1.165) is 28.9 Å². The highest BCUT2D eigenvalue weighted by molar-refractivity contribution is 6.33. The summed E-state index contributed by atoms with van der Waals surface area (Å²) in [5, 5.41) is 3.46. The number of H-pyrrole nitrogens is 1. The molecule has 4 rings (SSSR count). The minimum absolute atomic E-state index is 0.203. The summed E-state index contributed by atoms with van der Waals surface area (Å²) in [6.45, 7) is 2.54. The van der Waals surface area contributed by atoms with Gasteiger partial charge < -0.3 is 15.2 Å². The van der Waals surface area contributed by atoms with Crippen LogP contribution in [0.15, 0.2) is 49.1 Å². The third kappa shape index (κ3) is 3.04. The SMILES string of the molecule is Cc1ccc(NC(=O)N2CCc3[nH]cnc3C2c2ccncc2)c(Cl)c1. The molecule has 1 aliphatic rings. The van der Waals surface area contributed by atoms with Gasteiger partial charge in [0, 0.05) is 31.1 Å². The Balaban J connectivity index is 1.67. The molecule has 132 valence electrons. The number of halogens is 1. The van der Waals surface area contributed by atoms with Crippen LogP contribution in [-0.4, -0.2) is 32.4 Å². The Hall–Kier alpha value is -2.86. The normalized spacial score (nSPS) is 16.2. The molecule has 0 spiro atoms. The number of carbonyl (C=O) groups excluding carboxylic acids is 1. The maximum Gasteiger partial charge on any atom is 0.322 e. The predicted octanol–water partition coefficient (Wildman–Crippen LogP) is 3.95. The standard InChI is InChI=1S/C19H18ClN5O/c1-12-2-3-15(14(20)10-12)24-19(26)25-9-6-16-17(23-11-22-16)18(25)13-4-7-21-8-5-13/h2-5,7-8,10-11,18H,6,9H2,1H3,(H,22,23)(H,24,26). The van der Waals surface area contributed by atoms with E-state index in [2.05, 4.69) is 20.3 Å². The minimum atomic E-state index is -0.266. The van der Waals surface area contributed by atoms with Crippen LogP contribution >= 0.6 is 11.6 Å². The van der Waals surface area contributed by atoms with Crippen molar-refractivity contribution in [2.45, 2.75) is 19.4 Å². The van der Waals surface area contributed by atoms with Crippen molar-refractivity contribution < 1.29 is 4.79 Å². The number of anilines is 1. The van der Waals surface area contributed by atoms with Crippen molar-refractivity contribution in [3.8, 4) is 0 Å². The van der Waals surface area contributed by atoms with Crippen LogP contribution in [-0.2, 0) is 6.42 Å². The molecule has 0 bridgehead atoms. The average molecular weight is 368 g/mol. The molecule has 2 aromatic heterocycles. The lowest BCUT2D eigenvalue weighted by Crippen LogP contribution is -2.43. The van der Waals surface area contributed by atoms with Crippen molar-refractivity contribution in [3.05, 3.63) is 76.6 Å². The topological polar surface area (TPSA) is 73.9 Å². The molecule has 7 heteroatoms. The lowest BCUT2D eigenvalue weighted by atomic mass is 9.97. The second-order valence-electron chi connectivity index (χ2n) is 6.31. The number of benzene rings is 1. The molecule has 2 amide bonds. The fourth-order valence-electron chi connectivity index (χ4n) is 3.29. The van der Waals surface area contributed by atoms with Crippen LogP contribution in [0.2, 0.25) is 5.02 Å². The molecule has 0 aliphatic carbocycles. The van der Waals surface area contributed by atoms with Crippen LogP contribution in [0.5, 0.6) is 0 Å². The van der Waals surface area contributed by atoms with Crippen molar-refractivity contribution in [3.63, 3.8) is 0 Å². The molecule has 2 N–H and O–H groups in total. The summed E-state index contributed by atoms with van der Waals surface area (Å²) in [5.74, 6) is 0. The van der Waals surface area contributed by atoms with Gasteiger partial charge in [0.15, 0.2) is 0 Å². The molecule has 3 aromatic rings. The number of fused-ring (bicyclic) bond motifs is 1. The van der Waals surface area contributed by atoms with Crippen LogP contribution in [0.1, 0.15) is 28.6 Å². The second-order valence-corrected chi connectivity index (χ2v) is 6.71. The molecule has 0 saturated carbocycles. The van der Waals surface area contributed by atoms with E-state index in [1.807, 2.05) is 37.3 Å². The number of aromatic amines is 1. The number of nitrogens with one attached hydrogen (secondary N) is 2. The molecular formula is C19H18ClN5O. The average Bonchev–Trinajstić information content (AvgIpc) is 3.12. The monoisotopic (exact) mass is 367 g/mol. The summed E-state index contributed by atoms with van der Waals surface area (Å²) >= 11 is 6.27. The van der Waals surface area contributed by atoms with Crippen molar-refractivity contribution in [2.24, 2.45) is 0 Å². The van der Waals surface area contributed by atoms with E-state index >= 15 is 0 Å². The van der Waals surface area contributed by atoms with Gasteiger partial charge in [-0.15, -0.1) is 0 Å². The number of aromatic nitrogens is 3. The summed E-state index contributed by atoms with van der Waals surface area (Å²) in [5.41, 5.74) is 4.54. The fraction of sp³-hybridized carbons (Fsp3) is 0.211. The first kappa shape index (κ1) is 16.6. The fourth-order valence-corrected chi connectivity index (χ4v) is 3.57. The summed E-state index contributed by atoms with van der Waals surface area (Å²) in [6, 6.07) is 8.93. The Kier molecular flexibility index (Phi) is 4.34. The first-order valence-corrected chi connectivity index (χ1v) is 8.77. The number of pyridine rings is 1. The second kappa shape index (κ2) is 6.80. The molecule has 0 saturated heterocycles. The van der Waals surface area contributed by atoms with Crippen molar-refractivity contribution >= 4 is 23.3 Å². The maximum atomic E-state index is 13.0. The van der Waals surface area contributed by atoms with Gasteiger partial charge in [-0.3, -0.25) is 4.98 Å². The van der Waals surface area contributed by atoms with Crippen LogP contribution in [0.25, 0.3) is 0 Å². The molecule has 1 atom stereocenters. The van der Waals surface area contributed by atoms with Gasteiger partial charge in [-0.2, -0.15) is 0 Å². The number of carbonyl (C=O) groups is 1. The zero-order valence-corrected chi connectivity index (χ0v) is 15.0. The van der Waals surface area contributed by atoms with E-state index < -0.39 is 0 Å². The third-order valence-electron chi connectivity index (χ3n) is 4.57. The largest absolute Gasteiger partial charge is 0.348 e. The van der Waals surface area contributed by atoms with Crippen LogP contribution in [0.4, 0.5) is 10.5 Å². The van der Waals surface area contributed by atoms with Gasteiger partial charge in [0.2, 0.25) is 0 Å². The summed E-state index contributed by atoms with van der Waals surface area (Å²) in [7, 11) is 0. The number of aryl methyl sites for hydroxylation is 1. The molecule has 0 radical (unpaired) electrons. The molecule has 0 fully saturated rings. The molecular weight excluding hydrogens is 350 g/mol. The molecule has 1 unspecified atom stereocenters. The Bertz CT molecular complexity index is 940. The zero-order valence-electron chi connectivity index (χ0n) is 14.2. The van der Waals surface area contributed by atoms with Crippen molar-refractivity contribution in [1.82, 2.24) is 19.9 Å². The molecule has 1 aromatic carbocycles. The summed E-state index contributed by atoms with van der Waals surface area (Å²) < 4.78 is 0. The predicted molar refractivity (Wildman–Crippen MR) is 100 cm³/mol. The van der Waals surface area contributed by atoms with E-state index in [1.54, 1.807) is 23.6 Å². The van der Waals surface area contributed by atoms with Gasteiger partial charge >= 0.3 is 6.03 Å². The van der Waals surface area contributed by atoms with E-state index in [9.17, 15) is 4.79 Å². The zero-order chi connectivity index (χ0) is 18.1. The lowest BCUT2D eigenvalue weighted by Gasteiger charge is -2.35. The van der Waals surface area contributed by atoms with Gasteiger partial charge in [-0.05, 0) is 42.3 Å². The van der Waals surface area contributed by atoms with E-state index in [0.29, 0.717) is 17.3 Å². The van der Waals surface area contributed by atoms with E-state index in [-0.39, 0.29) is 12.1 Å². The highest BCUT2D eigenvalue weighted by Gasteiger charge is 2.34. The third-order valence-corrected chi connectivity index (χ3v) is 4.89. The number of rotatable bonds is 2. The Morgan fingerprint density at radius 3 is 2.88 bits per heavy atom. The quantitative estimate of drug-likeness (QED) is 0.720. The van der Waals surface area contributed by atoms with Gasteiger partial charge in [-0.1, -0.05) is 17.7 Å². The van der Waals surface area contributed by atoms with E-state index in [4.69, 9.17) is 11.6 Å². The summed E-state index contributed by atoms with van der Waals surface area (Å²) in [6.07, 6.45) is 5.86. The number of nitrogens with zero attached hydrogens (tertiary/aromatic N) is 3. The van der Waals surface area contributed by atoms with Crippen molar-refractivity contribution in [2.75, 3.05) is 11.9 Å². The first-order valence-electron chi connectivity index (χ1n) is 8.39. The molecule has 6 nitrogen and oxygen atoms in total. The first-order chi connectivity index (χ1) is 12.6. The van der Waals surface area contributed by atoms with Gasteiger partial charge in [0.1, 0.15) is 6.04 Å². The Morgan fingerprint density at radius 2 is 2.12 bits per heavy atom. The number of hydrogen-bond donors (Lipinski definition) is 2. The molecule has 3 heterocycles. The minimum Gasteiger partial charge on any atom is -0.348 e. The van der Waals surface area contributed by atoms with Gasteiger partial charge in [-0.25, -0.2) is 9.78 Å². The number of imidazole rings is 1. The Labute approximate surface area is 156 Å². The number of hydrogen-bond acceptors (Lipinski definition) is 3.